The maximum atomic E-state index is 12.5. The Labute approximate surface area is 129 Å². The monoisotopic (exact) mass is 294 g/mol. The van der Waals surface area contributed by atoms with E-state index in [1.54, 1.807) is 9.58 Å². The van der Waals surface area contributed by atoms with Crippen LogP contribution in [0.4, 0.5) is 0 Å². The van der Waals surface area contributed by atoms with Crippen LogP contribution in [-0.4, -0.2) is 32.8 Å². The Hall–Kier alpha value is -2.69. The zero-order valence-electron chi connectivity index (χ0n) is 12.7. The molecule has 3 aromatic rings. The maximum Gasteiger partial charge on any atom is 0.244 e. The molecule has 0 bridgehead atoms. The zero-order valence-corrected chi connectivity index (χ0v) is 12.7. The SMILES string of the molecule is C[C@@H](c1ccccc1)N(C)C(=O)Cn1nnc2ccccc21. The normalized spacial score (nSPS) is 12.3. The summed E-state index contributed by atoms with van der Waals surface area (Å²) < 4.78 is 1.64. The van der Waals surface area contributed by atoms with E-state index in [1.807, 2.05) is 68.6 Å². The minimum Gasteiger partial charge on any atom is -0.337 e. The summed E-state index contributed by atoms with van der Waals surface area (Å²) in [7, 11) is 1.82. The van der Waals surface area contributed by atoms with Gasteiger partial charge in [-0.25, -0.2) is 4.68 Å². The van der Waals surface area contributed by atoms with Crippen LogP contribution in [0.3, 0.4) is 0 Å². The summed E-state index contributed by atoms with van der Waals surface area (Å²) in [5, 5.41) is 8.15. The van der Waals surface area contributed by atoms with E-state index in [-0.39, 0.29) is 18.5 Å². The van der Waals surface area contributed by atoms with Crippen molar-refractivity contribution in [3.8, 4) is 0 Å². The molecule has 0 aliphatic carbocycles. The van der Waals surface area contributed by atoms with Crippen molar-refractivity contribution in [2.75, 3.05) is 7.05 Å². The molecule has 0 unspecified atom stereocenters. The van der Waals surface area contributed by atoms with Crippen LogP contribution in [-0.2, 0) is 11.3 Å². The molecule has 0 fully saturated rings. The highest BCUT2D eigenvalue weighted by Gasteiger charge is 2.18. The van der Waals surface area contributed by atoms with Gasteiger partial charge in [-0.2, -0.15) is 0 Å². The number of para-hydroxylation sites is 1. The Bertz CT molecular complexity index is 781. The first-order chi connectivity index (χ1) is 10.7. The Morgan fingerprint density at radius 1 is 1.14 bits per heavy atom. The third-order valence-corrected chi connectivity index (χ3v) is 3.96. The molecule has 5 heteroatoms. The molecule has 22 heavy (non-hydrogen) atoms. The zero-order chi connectivity index (χ0) is 15.5. The third-order valence-electron chi connectivity index (χ3n) is 3.96. The molecule has 112 valence electrons. The van der Waals surface area contributed by atoms with E-state index in [4.69, 9.17) is 0 Å². The van der Waals surface area contributed by atoms with Crippen molar-refractivity contribution in [2.24, 2.45) is 0 Å². The predicted molar refractivity (Wildman–Crippen MR) is 85.2 cm³/mol. The van der Waals surface area contributed by atoms with E-state index in [1.165, 1.54) is 0 Å². The van der Waals surface area contributed by atoms with Gasteiger partial charge in [-0.05, 0) is 24.6 Å². The molecule has 0 radical (unpaired) electrons. The number of amides is 1. The fourth-order valence-electron chi connectivity index (χ4n) is 2.44. The van der Waals surface area contributed by atoms with Crippen LogP contribution < -0.4 is 0 Å². The van der Waals surface area contributed by atoms with Gasteiger partial charge in [-0.3, -0.25) is 4.79 Å². The maximum absolute atomic E-state index is 12.5. The van der Waals surface area contributed by atoms with Gasteiger partial charge in [0.2, 0.25) is 5.91 Å². The Morgan fingerprint density at radius 2 is 1.82 bits per heavy atom. The van der Waals surface area contributed by atoms with E-state index >= 15 is 0 Å². The Kier molecular flexibility index (Phi) is 3.87. The van der Waals surface area contributed by atoms with E-state index in [0.717, 1.165) is 16.6 Å². The first-order valence-corrected chi connectivity index (χ1v) is 7.25. The summed E-state index contributed by atoms with van der Waals surface area (Å²) in [6.45, 7) is 2.21. The average Bonchev–Trinajstić information content (AvgIpc) is 2.97. The highest BCUT2D eigenvalue weighted by molar-refractivity contribution is 5.80. The summed E-state index contributed by atoms with van der Waals surface area (Å²) in [4.78, 5) is 14.2. The van der Waals surface area contributed by atoms with Crippen molar-refractivity contribution in [1.82, 2.24) is 19.9 Å². The van der Waals surface area contributed by atoms with Crippen molar-refractivity contribution in [1.29, 1.82) is 0 Å². The molecule has 0 saturated heterocycles. The highest BCUT2D eigenvalue weighted by atomic mass is 16.2. The number of aromatic nitrogens is 3. The van der Waals surface area contributed by atoms with Crippen LogP contribution in [0.25, 0.3) is 11.0 Å². The molecule has 0 aliphatic rings. The predicted octanol–water partition coefficient (Wildman–Crippen LogP) is 2.65. The van der Waals surface area contributed by atoms with Crippen molar-refractivity contribution in [3.63, 3.8) is 0 Å². The number of hydrogen-bond donors (Lipinski definition) is 0. The van der Waals surface area contributed by atoms with Gasteiger partial charge in [-0.15, -0.1) is 5.10 Å². The van der Waals surface area contributed by atoms with Crippen molar-refractivity contribution < 1.29 is 4.79 Å². The number of rotatable bonds is 4. The largest absolute Gasteiger partial charge is 0.337 e. The van der Waals surface area contributed by atoms with E-state index < -0.39 is 0 Å². The highest BCUT2D eigenvalue weighted by Crippen LogP contribution is 2.19. The van der Waals surface area contributed by atoms with Gasteiger partial charge in [0, 0.05) is 7.05 Å². The number of hydrogen-bond acceptors (Lipinski definition) is 3. The molecule has 5 nitrogen and oxygen atoms in total. The number of nitrogens with zero attached hydrogens (tertiary/aromatic N) is 4. The molecular formula is C17H18N4O. The lowest BCUT2D eigenvalue weighted by molar-refractivity contribution is -0.132. The molecule has 2 aromatic carbocycles. The van der Waals surface area contributed by atoms with Crippen molar-refractivity contribution in [2.45, 2.75) is 19.5 Å². The van der Waals surface area contributed by atoms with Gasteiger partial charge >= 0.3 is 0 Å². The van der Waals surface area contributed by atoms with E-state index in [9.17, 15) is 4.79 Å². The van der Waals surface area contributed by atoms with Gasteiger partial charge in [0.05, 0.1) is 11.6 Å². The van der Waals surface area contributed by atoms with Crippen LogP contribution in [0.5, 0.6) is 0 Å². The fraction of sp³-hybridized carbons (Fsp3) is 0.235. The first-order valence-electron chi connectivity index (χ1n) is 7.25. The van der Waals surface area contributed by atoms with Crippen LogP contribution in [0.2, 0.25) is 0 Å². The average molecular weight is 294 g/mol. The van der Waals surface area contributed by atoms with Crippen LogP contribution in [0, 0.1) is 0 Å². The lowest BCUT2D eigenvalue weighted by atomic mass is 10.1. The first kappa shape index (κ1) is 14.3. The van der Waals surface area contributed by atoms with E-state index in [2.05, 4.69) is 10.3 Å². The smallest absolute Gasteiger partial charge is 0.244 e. The van der Waals surface area contributed by atoms with Gasteiger partial charge < -0.3 is 4.90 Å². The summed E-state index contributed by atoms with van der Waals surface area (Å²) in [5.41, 5.74) is 2.78. The molecule has 0 spiro atoms. The molecule has 1 aromatic heterocycles. The molecule has 0 aliphatic heterocycles. The molecule has 3 rings (SSSR count). The lowest BCUT2D eigenvalue weighted by Gasteiger charge is -2.25. The molecule has 1 atom stereocenters. The minimum absolute atomic E-state index is 0.00649. The van der Waals surface area contributed by atoms with Gasteiger partial charge in [0.15, 0.2) is 0 Å². The fourth-order valence-corrected chi connectivity index (χ4v) is 2.44. The standard InChI is InChI=1S/C17H18N4O/c1-13(14-8-4-3-5-9-14)20(2)17(22)12-21-16-11-7-6-10-15(16)18-19-21/h3-11,13H,12H2,1-2H3/t13-/m0/s1. The number of benzene rings is 2. The van der Waals surface area contributed by atoms with Crippen molar-refractivity contribution >= 4 is 16.9 Å². The number of fused-ring (bicyclic) bond motifs is 1. The second kappa shape index (κ2) is 5.97. The Balaban J connectivity index is 1.76. The third kappa shape index (κ3) is 2.70. The lowest BCUT2D eigenvalue weighted by Crippen LogP contribution is -2.32. The van der Waals surface area contributed by atoms with Gasteiger partial charge in [-0.1, -0.05) is 47.7 Å². The van der Waals surface area contributed by atoms with Crippen LogP contribution in [0.15, 0.2) is 54.6 Å². The van der Waals surface area contributed by atoms with E-state index in [0.29, 0.717) is 0 Å². The summed E-state index contributed by atoms with van der Waals surface area (Å²) >= 11 is 0. The van der Waals surface area contributed by atoms with Gasteiger partial charge in [0.1, 0.15) is 12.1 Å². The molecule has 0 saturated carbocycles. The second-order valence-corrected chi connectivity index (χ2v) is 5.33. The summed E-state index contributed by atoms with van der Waals surface area (Å²) in [6.07, 6.45) is 0. The molecular weight excluding hydrogens is 276 g/mol. The molecule has 1 amide bonds. The molecule has 1 heterocycles. The van der Waals surface area contributed by atoms with Crippen LogP contribution >= 0.6 is 0 Å². The summed E-state index contributed by atoms with van der Waals surface area (Å²) in [6, 6.07) is 17.6. The molecule has 0 N–H and O–H groups in total. The van der Waals surface area contributed by atoms with Crippen molar-refractivity contribution in [3.05, 3.63) is 60.2 Å². The number of carbonyl (C=O) groups excluding carboxylic acids is 1. The summed E-state index contributed by atoms with van der Waals surface area (Å²) in [5.74, 6) is 0.00649. The van der Waals surface area contributed by atoms with Gasteiger partial charge in [0.25, 0.3) is 0 Å². The van der Waals surface area contributed by atoms with Crippen LogP contribution in [0.1, 0.15) is 18.5 Å². The number of carbonyl (C=O) groups is 1. The quantitative estimate of drug-likeness (QED) is 0.743. The minimum atomic E-state index is 0.00649. The Morgan fingerprint density at radius 3 is 2.59 bits per heavy atom. The topological polar surface area (TPSA) is 51.0 Å². The second-order valence-electron chi connectivity index (χ2n) is 5.33. The number of likely N-dealkylation sites (N-methyl/N-ethyl adjacent to an activating group) is 1.